The van der Waals surface area contributed by atoms with Crippen molar-refractivity contribution >= 4 is 6.29 Å². The van der Waals surface area contributed by atoms with E-state index in [0.29, 0.717) is 17.7 Å². The summed E-state index contributed by atoms with van der Waals surface area (Å²) in [5, 5.41) is 0. The zero-order valence-corrected chi connectivity index (χ0v) is 9.18. The normalized spacial score (nSPS) is 10.0. The lowest BCUT2D eigenvalue weighted by Crippen LogP contribution is -1.94. The Morgan fingerprint density at radius 3 is 2.82 bits per heavy atom. The highest BCUT2D eigenvalue weighted by Crippen LogP contribution is 2.28. The summed E-state index contributed by atoms with van der Waals surface area (Å²) >= 11 is 0. The van der Waals surface area contributed by atoms with E-state index >= 15 is 0 Å². The molecule has 17 heavy (non-hydrogen) atoms. The minimum atomic E-state index is -0.626. The van der Waals surface area contributed by atoms with Crippen LogP contribution in [-0.4, -0.2) is 18.4 Å². The molecule has 4 heteroatoms. The Balaban J connectivity index is 2.56. The minimum Gasteiger partial charge on any atom is -0.496 e. The molecule has 0 fully saturated rings. The third kappa shape index (κ3) is 2.15. The van der Waals surface area contributed by atoms with E-state index in [9.17, 15) is 9.18 Å². The van der Waals surface area contributed by atoms with Crippen LogP contribution >= 0.6 is 0 Å². The lowest BCUT2D eigenvalue weighted by Gasteiger charge is -2.07. The fourth-order valence-electron chi connectivity index (χ4n) is 1.55. The molecule has 86 valence electrons. The highest BCUT2D eigenvalue weighted by Gasteiger charge is 2.09. The fraction of sp³-hybridized carbons (Fsp3) is 0.0769. The molecule has 0 saturated heterocycles. The Morgan fingerprint density at radius 2 is 2.12 bits per heavy atom. The van der Waals surface area contributed by atoms with E-state index in [1.165, 1.54) is 6.07 Å². The maximum Gasteiger partial charge on any atom is 0.153 e. The van der Waals surface area contributed by atoms with Crippen molar-refractivity contribution in [1.29, 1.82) is 0 Å². The van der Waals surface area contributed by atoms with Gasteiger partial charge in [-0.25, -0.2) is 4.39 Å². The molecule has 0 saturated carbocycles. The number of hydrogen-bond donors (Lipinski definition) is 0. The number of carbonyl (C=O) groups is 1. The van der Waals surface area contributed by atoms with Crippen LogP contribution < -0.4 is 4.74 Å². The van der Waals surface area contributed by atoms with E-state index in [2.05, 4.69) is 4.98 Å². The van der Waals surface area contributed by atoms with Crippen LogP contribution in [0, 0.1) is 5.82 Å². The fourth-order valence-corrected chi connectivity index (χ4v) is 1.55. The van der Waals surface area contributed by atoms with E-state index in [1.807, 2.05) is 12.1 Å². The summed E-state index contributed by atoms with van der Waals surface area (Å²) in [6.45, 7) is 0. The smallest absolute Gasteiger partial charge is 0.153 e. The first-order chi connectivity index (χ1) is 8.26. The maximum absolute atomic E-state index is 13.1. The number of aromatic nitrogens is 1. The van der Waals surface area contributed by atoms with Gasteiger partial charge in [0.2, 0.25) is 0 Å². The van der Waals surface area contributed by atoms with Crippen molar-refractivity contribution in [3.05, 3.63) is 47.9 Å². The summed E-state index contributed by atoms with van der Waals surface area (Å²) in [4.78, 5) is 14.6. The van der Waals surface area contributed by atoms with Crippen LogP contribution in [0.3, 0.4) is 0 Å². The molecule has 2 rings (SSSR count). The molecule has 3 nitrogen and oxygen atoms in total. The lowest BCUT2D eigenvalue weighted by atomic mass is 10.1. The molecular weight excluding hydrogens is 221 g/mol. The monoisotopic (exact) mass is 231 g/mol. The second-order valence-corrected chi connectivity index (χ2v) is 3.41. The summed E-state index contributed by atoms with van der Waals surface area (Å²) in [6.07, 6.45) is 1.50. The average molecular weight is 231 g/mol. The van der Waals surface area contributed by atoms with Crippen LogP contribution in [0.2, 0.25) is 0 Å². The first-order valence-electron chi connectivity index (χ1n) is 5.00. The van der Waals surface area contributed by atoms with Crippen LogP contribution in [0.4, 0.5) is 4.39 Å². The summed E-state index contributed by atoms with van der Waals surface area (Å²) in [5.41, 5.74) is 1.21. The number of nitrogens with zero attached hydrogens (tertiary/aromatic N) is 1. The Kier molecular flexibility index (Phi) is 3.14. The van der Waals surface area contributed by atoms with Crippen molar-refractivity contribution in [3.63, 3.8) is 0 Å². The quantitative estimate of drug-likeness (QED) is 0.762. The van der Waals surface area contributed by atoms with E-state index in [4.69, 9.17) is 4.74 Å². The molecule has 1 aromatic heterocycles. The Labute approximate surface area is 97.9 Å². The number of carbonyl (C=O) groups excluding carboxylic acids is 1. The lowest BCUT2D eigenvalue weighted by molar-refractivity contribution is 0.111. The molecule has 0 amide bonds. The highest BCUT2D eigenvalue weighted by atomic mass is 19.1. The van der Waals surface area contributed by atoms with Gasteiger partial charge in [-0.3, -0.25) is 9.78 Å². The van der Waals surface area contributed by atoms with Gasteiger partial charge < -0.3 is 4.74 Å². The van der Waals surface area contributed by atoms with E-state index in [1.54, 1.807) is 19.2 Å². The molecule has 0 radical (unpaired) electrons. The SMILES string of the molecule is COc1ccccc1-c1cc(C=O)c(F)cn1. The number of hydrogen-bond acceptors (Lipinski definition) is 3. The van der Waals surface area contributed by atoms with Gasteiger partial charge in [-0.15, -0.1) is 0 Å². The maximum atomic E-state index is 13.1. The number of benzene rings is 1. The van der Waals surface area contributed by atoms with E-state index < -0.39 is 5.82 Å². The van der Waals surface area contributed by atoms with Gasteiger partial charge in [0.1, 0.15) is 5.75 Å². The zero-order chi connectivity index (χ0) is 12.3. The number of ether oxygens (including phenoxy) is 1. The van der Waals surface area contributed by atoms with Crippen LogP contribution in [0.5, 0.6) is 5.75 Å². The average Bonchev–Trinajstić information content (AvgIpc) is 2.39. The van der Waals surface area contributed by atoms with Crippen molar-refractivity contribution in [2.45, 2.75) is 0 Å². The molecule has 0 N–H and O–H groups in total. The third-order valence-corrected chi connectivity index (χ3v) is 2.39. The second-order valence-electron chi connectivity index (χ2n) is 3.41. The van der Waals surface area contributed by atoms with Gasteiger partial charge in [0.15, 0.2) is 12.1 Å². The van der Waals surface area contributed by atoms with Gasteiger partial charge >= 0.3 is 0 Å². The second kappa shape index (κ2) is 4.74. The highest BCUT2D eigenvalue weighted by molar-refractivity contribution is 5.79. The molecule has 0 atom stereocenters. The number of aldehydes is 1. The summed E-state index contributed by atoms with van der Waals surface area (Å²) in [7, 11) is 1.54. The molecular formula is C13H10FNO2. The molecule has 0 aliphatic rings. The van der Waals surface area contributed by atoms with Gasteiger partial charge in [-0.2, -0.15) is 0 Å². The first kappa shape index (κ1) is 11.3. The minimum absolute atomic E-state index is 0.0130. The number of pyridine rings is 1. The zero-order valence-electron chi connectivity index (χ0n) is 9.18. The van der Waals surface area contributed by atoms with Crippen molar-refractivity contribution in [2.75, 3.05) is 7.11 Å². The van der Waals surface area contributed by atoms with Crippen LogP contribution in [0.25, 0.3) is 11.3 Å². The van der Waals surface area contributed by atoms with Crippen molar-refractivity contribution < 1.29 is 13.9 Å². The molecule has 1 heterocycles. The predicted molar refractivity (Wildman–Crippen MR) is 61.6 cm³/mol. The first-order valence-corrected chi connectivity index (χ1v) is 5.00. The largest absolute Gasteiger partial charge is 0.496 e. The van der Waals surface area contributed by atoms with E-state index in [0.717, 1.165) is 11.8 Å². The molecule has 2 aromatic rings. The summed E-state index contributed by atoms with van der Waals surface area (Å²) < 4.78 is 18.3. The molecule has 0 unspecified atom stereocenters. The van der Waals surface area contributed by atoms with Gasteiger partial charge in [-0.05, 0) is 18.2 Å². The molecule has 0 bridgehead atoms. The van der Waals surface area contributed by atoms with Crippen molar-refractivity contribution in [1.82, 2.24) is 4.98 Å². The van der Waals surface area contributed by atoms with Gasteiger partial charge in [-0.1, -0.05) is 12.1 Å². The van der Waals surface area contributed by atoms with Gasteiger partial charge in [0.05, 0.1) is 24.6 Å². The summed E-state index contributed by atoms with van der Waals surface area (Å²) in [5.74, 6) is 0.00195. The molecule has 0 aliphatic heterocycles. The van der Waals surface area contributed by atoms with E-state index in [-0.39, 0.29) is 5.56 Å². The van der Waals surface area contributed by atoms with Crippen LogP contribution in [-0.2, 0) is 0 Å². The Bertz CT molecular complexity index is 555. The third-order valence-electron chi connectivity index (χ3n) is 2.39. The number of halogens is 1. The topological polar surface area (TPSA) is 39.2 Å². The number of methoxy groups -OCH3 is 1. The number of rotatable bonds is 3. The van der Waals surface area contributed by atoms with Gasteiger partial charge in [0.25, 0.3) is 0 Å². The van der Waals surface area contributed by atoms with Crippen molar-refractivity contribution in [3.8, 4) is 17.0 Å². The molecule has 0 spiro atoms. The predicted octanol–water partition coefficient (Wildman–Crippen LogP) is 2.71. The van der Waals surface area contributed by atoms with Crippen LogP contribution in [0.1, 0.15) is 10.4 Å². The van der Waals surface area contributed by atoms with Gasteiger partial charge in [0, 0.05) is 5.56 Å². The van der Waals surface area contributed by atoms with Crippen molar-refractivity contribution in [2.24, 2.45) is 0 Å². The molecule has 0 aliphatic carbocycles. The molecule has 1 aromatic carbocycles. The van der Waals surface area contributed by atoms with Crippen LogP contribution in [0.15, 0.2) is 36.5 Å². The Morgan fingerprint density at radius 1 is 1.35 bits per heavy atom. The standard InChI is InChI=1S/C13H10FNO2/c1-17-13-5-3-2-4-10(13)12-6-9(8-16)11(14)7-15-12/h2-8H,1H3. The summed E-state index contributed by atoms with van der Waals surface area (Å²) in [6, 6.07) is 8.63. The Hall–Kier alpha value is -2.23. The number of para-hydroxylation sites is 1.